The molecule has 0 aliphatic rings. The molecule has 0 bridgehead atoms. The Labute approximate surface area is 120 Å². The van der Waals surface area contributed by atoms with Crippen molar-refractivity contribution in [2.24, 2.45) is 0 Å². The second-order valence-corrected chi connectivity index (χ2v) is 4.48. The topological polar surface area (TPSA) is 96.6 Å². The Morgan fingerprint density at radius 3 is 2.57 bits per heavy atom. The average Bonchev–Trinajstić information content (AvgIpc) is 2.47. The second-order valence-electron chi connectivity index (χ2n) is 4.48. The highest BCUT2D eigenvalue weighted by Gasteiger charge is 2.17. The third-order valence-corrected chi connectivity index (χ3v) is 3.01. The van der Waals surface area contributed by atoms with Gasteiger partial charge in [-0.1, -0.05) is 12.1 Å². The Morgan fingerprint density at radius 1 is 1.33 bits per heavy atom. The largest absolute Gasteiger partial charge is 0.478 e. The standard InChI is InChI=1S/C14H13N3O4/c1-16(12-6-7-15-8-13(12)17(20)21)9-10-2-4-11(5-3-10)14(18)19/h2-8H,9H2,1H3,(H,18,19). The van der Waals surface area contributed by atoms with Crippen LogP contribution >= 0.6 is 0 Å². The molecule has 0 saturated carbocycles. The van der Waals surface area contributed by atoms with E-state index in [0.29, 0.717) is 12.2 Å². The normalized spacial score (nSPS) is 10.1. The Hall–Kier alpha value is -2.96. The van der Waals surface area contributed by atoms with Crippen LogP contribution in [-0.4, -0.2) is 28.0 Å². The van der Waals surface area contributed by atoms with Crippen LogP contribution in [0, 0.1) is 10.1 Å². The maximum atomic E-state index is 11.0. The minimum absolute atomic E-state index is 0.0674. The van der Waals surface area contributed by atoms with E-state index in [1.807, 2.05) is 0 Å². The van der Waals surface area contributed by atoms with Gasteiger partial charge in [-0.15, -0.1) is 0 Å². The summed E-state index contributed by atoms with van der Waals surface area (Å²) in [4.78, 5) is 26.7. The van der Waals surface area contributed by atoms with E-state index in [4.69, 9.17) is 5.11 Å². The van der Waals surface area contributed by atoms with Crippen LogP contribution in [-0.2, 0) is 6.54 Å². The lowest BCUT2D eigenvalue weighted by atomic mass is 10.1. The zero-order chi connectivity index (χ0) is 15.4. The van der Waals surface area contributed by atoms with Crippen LogP contribution in [0.1, 0.15) is 15.9 Å². The molecule has 0 atom stereocenters. The quantitative estimate of drug-likeness (QED) is 0.669. The molecule has 21 heavy (non-hydrogen) atoms. The first-order chi connectivity index (χ1) is 9.99. The molecule has 1 aromatic heterocycles. The van der Waals surface area contributed by atoms with Crippen molar-refractivity contribution in [3.63, 3.8) is 0 Å². The number of carboxylic acids is 1. The van der Waals surface area contributed by atoms with Crippen molar-refractivity contribution in [3.05, 3.63) is 64.0 Å². The van der Waals surface area contributed by atoms with Gasteiger partial charge in [0.1, 0.15) is 11.9 Å². The maximum Gasteiger partial charge on any atom is 0.335 e. The van der Waals surface area contributed by atoms with Gasteiger partial charge in [0.15, 0.2) is 0 Å². The summed E-state index contributed by atoms with van der Waals surface area (Å²) in [6, 6.07) is 7.96. The van der Waals surface area contributed by atoms with Crippen LogP contribution in [0.5, 0.6) is 0 Å². The van der Waals surface area contributed by atoms with Crippen molar-refractivity contribution in [2.45, 2.75) is 6.54 Å². The number of rotatable bonds is 5. The Balaban J connectivity index is 2.20. The Morgan fingerprint density at radius 2 is 2.00 bits per heavy atom. The smallest absolute Gasteiger partial charge is 0.335 e. The number of carbonyl (C=O) groups is 1. The van der Waals surface area contributed by atoms with Gasteiger partial charge in [0, 0.05) is 19.8 Å². The highest BCUT2D eigenvalue weighted by molar-refractivity contribution is 5.87. The molecule has 1 N–H and O–H groups in total. The van der Waals surface area contributed by atoms with Crippen LogP contribution in [0.3, 0.4) is 0 Å². The molecule has 2 aromatic rings. The first-order valence-electron chi connectivity index (χ1n) is 6.11. The number of nitro groups is 1. The van der Waals surface area contributed by atoms with Gasteiger partial charge in [0.25, 0.3) is 0 Å². The first-order valence-corrected chi connectivity index (χ1v) is 6.11. The molecule has 2 rings (SSSR count). The van der Waals surface area contributed by atoms with Gasteiger partial charge in [-0.3, -0.25) is 15.1 Å². The molecule has 1 aromatic carbocycles. The summed E-state index contributed by atoms with van der Waals surface area (Å²) < 4.78 is 0. The molecule has 0 aliphatic heterocycles. The molecular formula is C14H13N3O4. The third-order valence-electron chi connectivity index (χ3n) is 3.01. The molecule has 0 radical (unpaired) electrons. The van der Waals surface area contributed by atoms with Gasteiger partial charge in [-0.05, 0) is 23.8 Å². The molecule has 108 valence electrons. The number of hydrogen-bond acceptors (Lipinski definition) is 5. The zero-order valence-corrected chi connectivity index (χ0v) is 11.3. The summed E-state index contributed by atoms with van der Waals surface area (Å²) in [6.07, 6.45) is 2.70. The summed E-state index contributed by atoms with van der Waals surface area (Å²) >= 11 is 0. The van der Waals surface area contributed by atoms with E-state index >= 15 is 0 Å². The number of nitrogens with zero attached hydrogens (tertiary/aromatic N) is 3. The fourth-order valence-electron chi connectivity index (χ4n) is 1.95. The third kappa shape index (κ3) is 3.33. The van der Waals surface area contributed by atoms with Gasteiger partial charge in [0.2, 0.25) is 0 Å². The second kappa shape index (κ2) is 6.00. The summed E-state index contributed by atoms with van der Waals surface area (Å²) in [5, 5.41) is 19.8. The van der Waals surface area contributed by atoms with Crippen molar-refractivity contribution < 1.29 is 14.8 Å². The summed E-state index contributed by atoms with van der Waals surface area (Å²) in [5.41, 5.74) is 1.45. The lowest BCUT2D eigenvalue weighted by Crippen LogP contribution is -2.17. The summed E-state index contributed by atoms with van der Waals surface area (Å²) in [6.45, 7) is 0.421. The predicted molar refractivity (Wildman–Crippen MR) is 76.4 cm³/mol. The molecule has 7 heteroatoms. The SMILES string of the molecule is CN(Cc1ccc(C(=O)O)cc1)c1ccncc1[N+](=O)[O-]. The summed E-state index contributed by atoms with van der Waals surface area (Å²) in [7, 11) is 1.73. The number of aromatic nitrogens is 1. The lowest BCUT2D eigenvalue weighted by molar-refractivity contribution is -0.384. The highest BCUT2D eigenvalue weighted by Crippen LogP contribution is 2.26. The molecule has 0 fully saturated rings. The van der Waals surface area contributed by atoms with E-state index in [9.17, 15) is 14.9 Å². The number of anilines is 1. The molecule has 0 saturated heterocycles. The molecule has 7 nitrogen and oxygen atoms in total. The predicted octanol–water partition coefficient (Wildman–Crippen LogP) is 2.32. The van der Waals surface area contributed by atoms with E-state index in [1.54, 1.807) is 30.1 Å². The van der Waals surface area contributed by atoms with E-state index < -0.39 is 10.9 Å². The number of aromatic carboxylic acids is 1. The first kappa shape index (κ1) is 14.4. The number of pyridine rings is 1. The monoisotopic (exact) mass is 287 g/mol. The van der Waals surface area contributed by atoms with Gasteiger partial charge in [-0.25, -0.2) is 4.79 Å². The van der Waals surface area contributed by atoms with Crippen molar-refractivity contribution in [1.82, 2.24) is 4.98 Å². The molecule has 0 spiro atoms. The molecule has 0 aliphatic carbocycles. The molecule has 0 amide bonds. The number of benzene rings is 1. The van der Waals surface area contributed by atoms with Gasteiger partial charge in [0.05, 0.1) is 10.5 Å². The molecule has 1 heterocycles. The fourth-order valence-corrected chi connectivity index (χ4v) is 1.95. The van der Waals surface area contributed by atoms with Crippen molar-refractivity contribution in [2.75, 3.05) is 11.9 Å². The van der Waals surface area contributed by atoms with Crippen LogP contribution in [0.2, 0.25) is 0 Å². The summed E-state index contributed by atoms with van der Waals surface area (Å²) in [5.74, 6) is -0.986. The van der Waals surface area contributed by atoms with Gasteiger partial charge >= 0.3 is 11.7 Å². The molecular weight excluding hydrogens is 274 g/mol. The molecule has 0 unspecified atom stereocenters. The van der Waals surface area contributed by atoms with Crippen LogP contribution < -0.4 is 4.90 Å². The fraction of sp³-hybridized carbons (Fsp3) is 0.143. The van der Waals surface area contributed by atoms with Crippen LogP contribution in [0.4, 0.5) is 11.4 Å². The average molecular weight is 287 g/mol. The van der Waals surface area contributed by atoms with Crippen LogP contribution in [0.25, 0.3) is 0 Å². The number of hydrogen-bond donors (Lipinski definition) is 1. The van der Waals surface area contributed by atoms with Crippen molar-refractivity contribution in [3.8, 4) is 0 Å². The zero-order valence-electron chi connectivity index (χ0n) is 11.3. The van der Waals surface area contributed by atoms with Gasteiger partial charge < -0.3 is 10.0 Å². The van der Waals surface area contributed by atoms with E-state index in [-0.39, 0.29) is 11.3 Å². The Bertz CT molecular complexity index is 670. The van der Waals surface area contributed by atoms with E-state index in [1.165, 1.54) is 24.5 Å². The van der Waals surface area contributed by atoms with Gasteiger partial charge in [-0.2, -0.15) is 0 Å². The minimum Gasteiger partial charge on any atom is -0.478 e. The lowest BCUT2D eigenvalue weighted by Gasteiger charge is -2.19. The minimum atomic E-state index is -0.986. The van der Waals surface area contributed by atoms with E-state index in [0.717, 1.165) is 5.56 Å². The van der Waals surface area contributed by atoms with Crippen molar-refractivity contribution in [1.29, 1.82) is 0 Å². The van der Waals surface area contributed by atoms with E-state index in [2.05, 4.69) is 4.98 Å². The van der Waals surface area contributed by atoms with Crippen LogP contribution in [0.15, 0.2) is 42.7 Å². The maximum absolute atomic E-state index is 11.0. The van der Waals surface area contributed by atoms with Crippen molar-refractivity contribution >= 4 is 17.3 Å². The Kier molecular flexibility index (Phi) is 4.13. The highest BCUT2D eigenvalue weighted by atomic mass is 16.6. The number of carboxylic acid groups (broad SMARTS) is 1.